The molecule has 4 rings (SSSR count). The number of nitrogens with zero attached hydrogens (tertiary/aromatic N) is 1. The van der Waals surface area contributed by atoms with Gasteiger partial charge in [-0.05, 0) is 42.0 Å². The van der Waals surface area contributed by atoms with Crippen LogP contribution in [0, 0.1) is 0 Å². The molecule has 0 fully saturated rings. The van der Waals surface area contributed by atoms with Crippen molar-refractivity contribution in [3.8, 4) is 0 Å². The quantitative estimate of drug-likeness (QED) is 0.376. The molecule has 0 aliphatic carbocycles. The summed E-state index contributed by atoms with van der Waals surface area (Å²) in [6.07, 6.45) is 1.75. The Morgan fingerprint density at radius 1 is 0.906 bits per heavy atom. The summed E-state index contributed by atoms with van der Waals surface area (Å²) in [5, 5.41) is 3.93. The molecule has 2 N–H and O–H groups in total. The monoisotopic (exact) mass is 485 g/mol. The van der Waals surface area contributed by atoms with Crippen molar-refractivity contribution in [2.24, 2.45) is 0 Å². The number of benzene rings is 3. The number of amides is 1. The van der Waals surface area contributed by atoms with E-state index < -0.39 is 10.0 Å². The van der Waals surface area contributed by atoms with E-state index in [1.54, 1.807) is 24.4 Å². The number of anilines is 2. The Morgan fingerprint density at radius 2 is 1.69 bits per heavy atom. The van der Waals surface area contributed by atoms with Gasteiger partial charge in [0.05, 0.1) is 27.7 Å². The van der Waals surface area contributed by atoms with Crippen molar-refractivity contribution in [1.82, 2.24) is 4.98 Å². The first-order valence-electron chi connectivity index (χ1n) is 9.53. The number of sulfonamides is 1. The molecule has 9 heteroatoms. The largest absolute Gasteiger partial charge is 0.326 e. The van der Waals surface area contributed by atoms with E-state index in [-0.39, 0.29) is 33.0 Å². The third-order valence-corrected chi connectivity index (χ3v) is 6.87. The van der Waals surface area contributed by atoms with Gasteiger partial charge in [0.15, 0.2) is 0 Å². The van der Waals surface area contributed by atoms with E-state index in [0.717, 1.165) is 16.5 Å². The van der Waals surface area contributed by atoms with Gasteiger partial charge in [-0.2, -0.15) is 0 Å². The molecule has 0 saturated carbocycles. The molecule has 0 radical (unpaired) electrons. The number of halogens is 2. The minimum Gasteiger partial charge on any atom is -0.326 e. The molecule has 1 heterocycles. The summed E-state index contributed by atoms with van der Waals surface area (Å²) in [6, 6.07) is 20.1. The first-order chi connectivity index (χ1) is 15.3. The fourth-order valence-corrected chi connectivity index (χ4v) is 5.06. The minimum atomic E-state index is -4.04. The number of carbonyl (C=O) groups excluding carboxylic acids is 1. The number of hydrogen-bond acceptors (Lipinski definition) is 4. The van der Waals surface area contributed by atoms with E-state index in [4.69, 9.17) is 23.2 Å². The maximum absolute atomic E-state index is 12.9. The van der Waals surface area contributed by atoms with Gasteiger partial charge in [0.2, 0.25) is 5.91 Å². The molecular formula is C23H17Cl2N3O3S. The van der Waals surface area contributed by atoms with Crippen LogP contribution in [0.1, 0.15) is 5.56 Å². The van der Waals surface area contributed by atoms with Crippen molar-refractivity contribution in [3.05, 3.63) is 94.6 Å². The Labute approximate surface area is 195 Å². The van der Waals surface area contributed by atoms with Crippen molar-refractivity contribution in [1.29, 1.82) is 0 Å². The summed E-state index contributed by atoms with van der Waals surface area (Å²) in [4.78, 5) is 16.8. The van der Waals surface area contributed by atoms with Crippen LogP contribution in [0.15, 0.2) is 83.9 Å². The van der Waals surface area contributed by atoms with E-state index in [9.17, 15) is 13.2 Å². The molecule has 4 aromatic rings. The maximum Gasteiger partial charge on any atom is 0.263 e. The molecule has 0 saturated heterocycles. The number of para-hydroxylation sites is 2. The van der Waals surface area contributed by atoms with Crippen LogP contribution in [0.5, 0.6) is 0 Å². The summed E-state index contributed by atoms with van der Waals surface area (Å²) in [5.41, 5.74) is 2.03. The molecule has 0 aliphatic rings. The zero-order valence-electron chi connectivity index (χ0n) is 16.5. The van der Waals surface area contributed by atoms with Gasteiger partial charge < -0.3 is 5.32 Å². The van der Waals surface area contributed by atoms with Crippen LogP contribution < -0.4 is 10.0 Å². The lowest BCUT2D eigenvalue weighted by atomic mass is 10.1. The van der Waals surface area contributed by atoms with Crippen LogP contribution in [-0.4, -0.2) is 19.3 Å². The van der Waals surface area contributed by atoms with Crippen molar-refractivity contribution in [2.75, 3.05) is 10.0 Å². The second kappa shape index (κ2) is 9.16. The van der Waals surface area contributed by atoms with Crippen LogP contribution in [0.3, 0.4) is 0 Å². The van der Waals surface area contributed by atoms with E-state index in [2.05, 4.69) is 15.0 Å². The number of rotatable bonds is 6. The summed E-state index contributed by atoms with van der Waals surface area (Å²) in [5.74, 6) is -0.312. The van der Waals surface area contributed by atoms with Gasteiger partial charge in [-0.25, -0.2) is 8.42 Å². The fraction of sp³-hybridized carbons (Fsp3) is 0.0435. The molecule has 3 aromatic carbocycles. The zero-order chi connectivity index (χ0) is 22.7. The molecule has 0 bridgehead atoms. The van der Waals surface area contributed by atoms with Crippen LogP contribution in [0.4, 0.5) is 11.4 Å². The average Bonchev–Trinajstić information content (AvgIpc) is 2.77. The van der Waals surface area contributed by atoms with Crippen molar-refractivity contribution in [2.45, 2.75) is 11.3 Å². The van der Waals surface area contributed by atoms with Crippen molar-refractivity contribution < 1.29 is 13.2 Å². The molecule has 0 atom stereocenters. The molecule has 0 spiro atoms. The second-order valence-corrected chi connectivity index (χ2v) is 9.41. The zero-order valence-corrected chi connectivity index (χ0v) is 18.9. The highest BCUT2D eigenvalue weighted by Gasteiger charge is 2.20. The first-order valence-corrected chi connectivity index (χ1v) is 11.8. The van der Waals surface area contributed by atoms with Crippen LogP contribution in [0.25, 0.3) is 10.9 Å². The van der Waals surface area contributed by atoms with Gasteiger partial charge in [-0.3, -0.25) is 14.5 Å². The Bertz CT molecular complexity index is 1420. The van der Waals surface area contributed by atoms with Gasteiger partial charge in [-0.1, -0.05) is 59.6 Å². The summed E-state index contributed by atoms with van der Waals surface area (Å²) < 4.78 is 28.2. The van der Waals surface area contributed by atoms with Crippen molar-refractivity contribution >= 4 is 61.4 Å². The summed E-state index contributed by atoms with van der Waals surface area (Å²) >= 11 is 12.2. The lowest BCUT2D eigenvalue weighted by Gasteiger charge is -2.13. The van der Waals surface area contributed by atoms with Gasteiger partial charge in [-0.15, -0.1) is 0 Å². The molecule has 1 amide bonds. The maximum atomic E-state index is 12.9. The molecule has 162 valence electrons. The van der Waals surface area contributed by atoms with Gasteiger partial charge in [0.25, 0.3) is 10.0 Å². The topological polar surface area (TPSA) is 88.2 Å². The van der Waals surface area contributed by atoms with Crippen LogP contribution in [-0.2, 0) is 21.2 Å². The molecule has 1 aromatic heterocycles. The third-order valence-electron chi connectivity index (χ3n) is 4.69. The normalized spacial score (nSPS) is 11.3. The summed E-state index contributed by atoms with van der Waals surface area (Å²) in [7, 11) is -4.04. The van der Waals surface area contributed by atoms with Crippen molar-refractivity contribution in [3.63, 3.8) is 0 Å². The summed E-state index contributed by atoms with van der Waals surface area (Å²) in [6.45, 7) is 0. The van der Waals surface area contributed by atoms with E-state index in [1.807, 2.05) is 30.3 Å². The van der Waals surface area contributed by atoms with E-state index >= 15 is 0 Å². The highest BCUT2D eigenvalue weighted by atomic mass is 35.5. The second-order valence-electron chi connectivity index (χ2n) is 6.95. The Kier molecular flexibility index (Phi) is 6.32. The highest BCUT2D eigenvalue weighted by molar-refractivity contribution is 7.92. The standard InChI is InChI=1S/C23H17Cl2N3O3S/c24-18-8-1-2-9-20(18)28-32(30,31)21-14-17(10-11-19(21)25)27-22(29)13-16-6-3-5-15-7-4-12-26-23(15)16/h1-12,14,28H,13H2,(H,27,29). The Morgan fingerprint density at radius 3 is 2.50 bits per heavy atom. The molecule has 6 nitrogen and oxygen atoms in total. The predicted octanol–water partition coefficient (Wildman–Crippen LogP) is 5.52. The fourth-order valence-electron chi connectivity index (χ4n) is 3.22. The smallest absolute Gasteiger partial charge is 0.263 e. The number of carbonyl (C=O) groups is 1. The van der Waals surface area contributed by atoms with E-state index in [1.165, 1.54) is 24.3 Å². The SMILES string of the molecule is O=C(Cc1cccc2cccnc12)Nc1ccc(Cl)c(S(=O)(=O)Nc2ccccc2Cl)c1. The van der Waals surface area contributed by atoms with Gasteiger partial charge in [0, 0.05) is 17.3 Å². The lowest BCUT2D eigenvalue weighted by molar-refractivity contribution is -0.115. The molecular weight excluding hydrogens is 469 g/mol. The first kappa shape index (κ1) is 22.1. The van der Waals surface area contributed by atoms with Crippen LogP contribution >= 0.6 is 23.2 Å². The Balaban J connectivity index is 1.56. The lowest BCUT2D eigenvalue weighted by Crippen LogP contribution is -2.17. The predicted molar refractivity (Wildman–Crippen MR) is 128 cm³/mol. The third kappa shape index (κ3) is 4.85. The number of aromatic nitrogens is 1. The number of nitrogens with one attached hydrogen (secondary N) is 2. The molecule has 32 heavy (non-hydrogen) atoms. The van der Waals surface area contributed by atoms with Crippen LogP contribution in [0.2, 0.25) is 10.0 Å². The number of fused-ring (bicyclic) bond motifs is 1. The molecule has 0 aliphatic heterocycles. The minimum absolute atomic E-state index is 0.0146. The molecule has 0 unspecified atom stereocenters. The highest BCUT2D eigenvalue weighted by Crippen LogP contribution is 2.29. The van der Waals surface area contributed by atoms with Gasteiger partial charge in [0.1, 0.15) is 4.90 Å². The average molecular weight is 486 g/mol. The number of hydrogen-bond donors (Lipinski definition) is 2. The number of pyridine rings is 1. The van der Waals surface area contributed by atoms with E-state index in [0.29, 0.717) is 5.69 Å². The van der Waals surface area contributed by atoms with Gasteiger partial charge >= 0.3 is 0 Å². The Hall–Kier alpha value is -3.13.